The van der Waals surface area contributed by atoms with Crippen molar-refractivity contribution in [3.63, 3.8) is 0 Å². The van der Waals surface area contributed by atoms with Crippen LogP contribution in [0.15, 0.2) is 46.1 Å². The molecule has 3 rings (SSSR count). The van der Waals surface area contributed by atoms with Crippen molar-refractivity contribution in [2.75, 3.05) is 39.8 Å². The van der Waals surface area contributed by atoms with Crippen LogP contribution in [0.2, 0.25) is 5.02 Å². The van der Waals surface area contributed by atoms with Crippen LogP contribution in [0.4, 0.5) is 0 Å². The Labute approximate surface area is 166 Å². The first-order valence-electron chi connectivity index (χ1n) is 9.52. The molecule has 1 unspecified atom stereocenters. The van der Waals surface area contributed by atoms with Crippen molar-refractivity contribution >= 4 is 17.6 Å². The molecular weight excluding hydrogens is 362 g/mol. The molecule has 1 aliphatic rings. The van der Waals surface area contributed by atoms with E-state index in [2.05, 4.69) is 44.3 Å². The van der Waals surface area contributed by atoms with E-state index in [1.807, 2.05) is 25.2 Å². The minimum atomic E-state index is 0.437. The number of hydrogen-bond acceptors (Lipinski definition) is 4. The Balaban J connectivity index is 1.49. The smallest absolute Gasteiger partial charge is 0.193 e. The van der Waals surface area contributed by atoms with Crippen molar-refractivity contribution in [1.82, 2.24) is 20.3 Å². The zero-order valence-electron chi connectivity index (χ0n) is 16.1. The van der Waals surface area contributed by atoms with Crippen LogP contribution in [0.1, 0.15) is 30.5 Å². The number of hydrogen-bond donors (Lipinski definition) is 1. The van der Waals surface area contributed by atoms with Gasteiger partial charge in [-0.25, -0.2) is 0 Å². The van der Waals surface area contributed by atoms with Crippen LogP contribution in [0.5, 0.6) is 0 Å². The maximum atomic E-state index is 6.01. The highest BCUT2D eigenvalue weighted by Crippen LogP contribution is 2.21. The fourth-order valence-electron chi connectivity index (χ4n) is 3.45. The molecule has 0 radical (unpaired) electrons. The summed E-state index contributed by atoms with van der Waals surface area (Å²) in [5.74, 6) is 1.41. The van der Waals surface area contributed by atoms with E-state index >= 15 is 0 Å². The van der Waals surface area contributed by atoms with Gasteiger partial charge in [-0.15, -0.1) is 0 Å². The zero-order chi connectivity index (χ0) is 19.1. The maximum Gasteiger partial charge on any atom is 0.193 e. The number of nitrogens with one attached hydrogen (secondary N) is 1. The van der Waals surface area contributed by atoms with Gasteiger partial charge in [0.25, 0.3) is 0 Å². The van der Waals surface area contributed by atoms with Crippen molar-refractivity contribution in [2.24, 2.45) is 4.99 Å². The minimum absolute atomic E-state index is 0.437. The van der Waals surface area contributed by atoms with E-state index in [0.29, 0.717) is 5.92 Å². The van der Waals surface area contributed by atoms with Gasteiger partial charge in [0.2, 0.25) is 0 Å². The van der Waals surface area contributed by atoms with Gasteiger partial charge in [0.05, 0.1) is 5.69 Å². The monoisotopic (exact) mass is 389 g/mol. The first kappa shape index (κ1) is 19.7. The fraction of sp³-hybridized carbons (Fsp3) is 0.500. The predicted molar refractivity (Wildman–Crippen MR) is 109 cm³/mol. The molecule has 1 N–H and O–H groups in total. The van der Waals surface area contributed by atoms with E-state index in [0.717, 1.165) is 62.4 Å². The summed E-state index contributed by atoms with van der Waals surface area (Å²) >= 11 is 6.01. The van der Waals surface area contributed by atoms with Gasteiger partial charge >= 0.3 is 0 Å². The van der Waals surface area contributed by atoms with Gasteiger partial charge < -0.3 is 14.7 Å². The molecule has 0 amide bonds. The molecule has 0 aliphatic carbocycles. The van der Waals surface area contributed by atoms with Crippen molar-refractivity contribution in [2.45, 2.75) is 25.8 Å². The second kappa shape index (κ2) is 9.76. The van der Waals surface area contributed by atoms with Gasteiger partial charge in [-0.1, -0.05) is 35.8 Å². The van der Waals surface area contributed by atoms with Crippen LogP contribution >= 0.6 is 11.6 Å². The van der Waals surface area contributed by atoms with Crippen molar-refractivity contribution in [1.29, 1.82) is 0 Å². The normalized spacial score (nSPS) is 17.1. The standard InChI is InChI=1S/C20H28ClN5O/c1-3-16(17-4-6-18(21)7-5-17)14-23-20(22-2)26-11-9-25(10-12-26)15-19-8-13-27-24-19/h4-8,13,16H,3,9-12,14-15H2,1-2H3,(H,22,23). The lowest BCUT2D eigenvalue weighted by Crippen LogP contribution is -2.52. The fourth-order valence-corrected chi connectivity index (χ4v) is 3.57. The summed E-state index contributed by atoms with van der Waals surface area (Å²) < 4.78 is 4.92. The number of halogens is 1. The highest BCUT2D eigenvalue weighted by Gasteiger charge is 2.21. The number of benzene rings is 1. The average Bonchev–Trinajstić information content (AvgIpc) is 3.20. The molecule has 1 aromatic carbocycles. The Hall–Kier alpha value is -2.05. The number of nitrogens with zero attached hydrogens (tertiary/aromatic N) is 4. The third kappa shape index (κ3) is 5.47. The molecule has 0 bridgehead atoms. The summed E-state index contributed by atoms with van der Waals surface area (Å²) in [4.78, 5) is 9.21. The third-order valence-electron chi connectivity index (χ3n) is 5.10. The van der Waals surface area contributed by atoms with E-state index in [1.165, 1.54) is 5.56 Å². The Kier molecular flexibility index (Phi) is 7.12. The molecule has 27 heavy (non-hydrogen) atoms. The molecule has 1 fully saturated rings. The summed E-state index contributed by atoms with van der Waals surface area (Å²) in [6.45, 7) is 7.80. The SMILES string of the molecule is CCC(CNC(=NC)N1CCN(Cc2ccon2)CC1)c1ccc(Cl)cc1. The maximum absolute atomic E-state index is 6.01. The Morgan fingerprint density at radius 3 is 2.56 bits per heavy atom. The Morgan fingerprint density at radius 1 is 1.22 bits per heavy atom. The van der Waals surface area contributed by atoms with Gasteiger partial charge in [-0.05, 0) is 24.1 Å². The second-order valence-electron chi connectivity index (χ2n) is 6.84. The number of guanidine groups is 1. The molecule has 1 saturated heterocycles. The number of rotatable bonds is 6. The molecule has 0 saturated carbocycles. The van der Waals surface area contributed by atoms with Crippen molar-refractivity contribution < 1.29 is 4.52 Å². The van der Waals surface area contributed by atoms with E-state index in [9.17, 15) is 0 Å². The van der Waals surface area contributed by atoms with Crippen LogP contribution in [-0.4, -0.2) is 60.7 Å². The minimum Gasteiger partial charge on any atom is -0.364 e. The van der Waals surface area contributed by atoms with Crippen LogP contribution in [0.3, 0.4) is 0 Å². The summed E-state index contributed by atoms with van der Waals surface area (Å²) in [6, 6.07) is 10.1. The van der Waals surface area contributed by atoms with Crippen LogP contribution in [-0.2, 0) is 6.54 Å². The molecule has 2 heterocycles. The lowest BCUT2D eigenvalue weighted by molar-refractivity contribution is 0.169. The zero-order valence-corrected chi connectivity index (χ0v) is 16.8. The number of aromatic nitrogens is 1. The molecular formula is C20H28ClN5O. The molecule has 6 nitrogen and oxygen atoms in total. The molecule has 2 aromatic rings. The third-order valence-corrected chi connectivity index (χ3v) is 5.35. The Morgan fingerprint density at radius 2 is 1.96 bits per heavy atom. The lowest BCUT2D eigenvalue weighted by Gasteiger charge is -2.36. The van der Waals surface area contributed by atoms with Crippen molar-refractivity contribution in [3.05, 3.63) is 52.9 Å². The van der Waals surface area contributed by atoms with Crippen LogP contribution in [0, 0.1) is 0 Å². The van der Waals surface area contributed by atoms with Gasteiger partial charge in [0, 0.05) is 63.3 Å². The number of aliphatic imine (C=N–C) groups is 1. The quantitative estimate of drug-likeness (QED) is 0.607. The molecule has 0 spiro atoms. The summed E-state index contributed by atoms with van der Waals surface area (Å²) in [7, 11) is 1.85. The van der Waals surface area contributed by atoms with E-state index < -0.39 is 0 Å². The highest BCUT2D eigenvalue weighted by atomic mass is 35.5. The van der Waals surface area contributed by atoms with Crippen LogP contribution in [0.25, 0.3) is 0 Å². The highest BCUT2D eigenvalue weighted by molar-refractivity contribution is 6.30. The first-order chi connectivity index (χ1) is 13.2. The average molecular weight is 390 g/mol. The summed E-state index contributed by atoms with van der Waals surface area (Å²) in [5.41, 5.74) is 2.29. The molecule has 7 heteroatoms. The Bertz CT molecular complexity index is 708. The molecule has 1 aromatic heterocycles. The van der Waals surface area contributed by atoms with Gasteiger partial charge in [-0.2, -0.15) is 0 Å². The molecule has 1 aliphatic heterocycles. The largest absolute Gasteiger partial charge is 0.364 e. The van der Waals surface area contributed by atoms with Gasteiger partial charge in [-0.3, -0.25) is 9.89 Å². The predicted octanol–water partition coefficient (Wildman–Crippen LogP) is 3.21. The number of piperazine rings is 1. The molecule has 1 atom stereocenters. The van der Waals surface area contributed by atoms with Gasteiger partial charge in [0.1, 0.15) is 6.26 Å². The molecule has 146 valence electrons. The summed E-state index contributed by atoms with van der Waals surface area (Å²) in [6.07, 6.45) is 2.69. The second-order valence-corrected chi connectivity index (χ2v) is 7.28. The van der Waals surface area contributed by atoms with E-state index in [-0.39, 0.29) is 0 Å². The van der Waals surface area contributed by atoms with E-state index in [1.54, 1.807) is 6.26 Å². The topological polar surface area (TPSA) is 56.9 Å². The van der Waals surface area contributed by atoms with Crippen LogP contribution < -0.4 is 5.32 Å². The lowest BCUT2D eigenvalue weighted by atomic mass is 9.96. The summed E-state index contributed by atoms with van der Waals surface area (Å²) in [5, 5.41) is 8.34. The van der Waals surface area contributed by atoms with E-state index in [4.69, 9.17) is 16.1 Å². The first-order valence-corrected chi connectivity index (χ1v) is 9.90. The van der Waals surface area contributed by atoms with Crippen molar-refractivity contribution in [3.8, 4) is 0 Å². The van der Waals surface area contributed by atoms with Gasteiger partial charge in [0.15, 0.2) is 5.96 Å².